The molecule has 0 aliphatic heterocycles. The largest absolute Gasteiger partial charge is 0.185 e. The quantitative estimate of drug-likeness (QED) is 0.371. The first kappa shape index (κ1) is 11.6. The molecule has 2 nitrogen and oxygen atoms in total. The van der Waals surface area contributed by atoms with Crippen molar-refractivity contribution in [3.8, 4) is 0 Å². The molecule has 0 spiro atoms. The van der Waals surface area contributed by atoms with E-state index in [2.05, 4.69) is 29.0 Å². The van der Waals surface area contributed by atoms with E-state index in [1.54, 1.807) is 6.08 Å². The fourth-order valence-electron chi connectivity index (χ4n) is 1.38. The lowest BCUT2D eigenvalue weighted by atomic mass is 10.0. The van der Waals surface area contributed by atoms with Crippen LogP contribution in [0.3, 0.4) is 0 Å². The third-order valence-corrected chi connectivity index (χ3v) is 2.28. The monoisotopic (exact) mass is 202 g/mol. The molecule has 0 radical (unpaired) electrons. The second kappa shape index (κ2) is 6.93. The van der Waals surface area contributed by atoms with Crippen LogP contribution in [0.15, 0.2) is 59.0 Å². The van der Waals surface area contributed by atoms with Crippen LogP contribution in [0.2, 0.25) is 0 Å². The van der Waals surface area contributed by atoms with Crippen LogP contribution in [-0.4, -0.2) is 6.04 Å². The summed E-state index contributed by atoms with van der Waals surface area (Å²) >= 11 is 0. The maximum absolute atomic E-state index is 4.33. The summed E-state index contributed by atoms with van der Waals surface area (Å²) in [5.41, 5.74) is 0.893. The van der Waals surface area contributed by atoms with E-state index < -0.39 is 0 Å². The second-order valence-electron chi connectivity index (χ2n) is 3.46. The van der Waals surface area contributed by atoms with Gasteiger partial charge in [-0.15, -0.1) is 0 Å². The topological polar surface area (TPSA) is 24.7 Å². The fraction of sp³-hybridized carbons (Fsp3) is 0.385. The maximum atomic E-state index is 4.33. The average molecular weight is 202 g/mol. The third kappa shape index (κ3) is 4.54. The molecule has 2 heteroatoms. The highest BCUT2D eigenvalue weighted by Gasteiger charge is 2.07. The van der Waals surface area contributed by atoms with Gasteiger partial charge in [0.1, 0.15) is 0 Å². The first-order valence-corrected chi connectivity index (χ1v) is 5.38. The Hall–Kier alpha value is -1.44. The molecule has 15 heavy (non-hydrogen) atoms. The van der Waals surface area contributed by atoms with Crippen molar-refractivity contribution in [3.63, 3.8) is 0 Å². The van der Waals surface area contributed by atoms with Crippen molar-refractivity contribution in [2.75, 3.05) is 0 Å². The van der Waals surface area contributed by atoms with Gasteiger partial charge in [0.05, 0.1) is 11.7 Å². The average Bonchev–Trinajstić information content (AvgIpc) is 2.31. The van der Waals surface area contributed by atoms with Crippen LogP contribution < -0.4 is 0 Å². The minimum atomic E-state index is 0.363. The summed E-state index contributed by atoms with van der Waals surface area (Å²) in [4.78, 5) is 0. The molecule has 1 unspecified atom stereocenters. The van der Waals surface area contributed by atoms with Crippen LogP contribution in [0.1, 0.15) is 26.2 Å². The van der Waals surface area contributed by atoms with E-state index in [1.165, 1.54) is 0 Å². The van der Waals surface area contributed by atoms with Gasteiger partial charge in [-0.3, -0.25) is 0 Å². The van der Waals surface area contributed by atoms with Crippen molar-refractivity contribution in [2.45, 2.75) is 32.2 Å². The number of hydrogen-bond acceptors (Lipinski definition) is 2. The molecule has 1 rings (SSSR count). The molecule has 0 aromatic carbocycles. The van der Waals surface area contributed by atoms with E-state index in [0.717, 1.165) is 25.0 Å². The Labute approximate surface area is 91.8 Å². The minimum absolute atomic E-state index is 0.363. The molecule has 1 atom stereocenters. The van der Waals surface area contributed by atoms with Crippen LogP contribution in [0.4, 0.5) is 0 Å². The Bertz CT molecular complexity index is 308. The SMILES string of the molecule is C=CC=CC(=CC)N=NC1CC=CCC1. The minimum Gasteiger partial charge on any atom is -0.185 e. The number of allylic oxidation sites excluding steroid dienone is 5. The lowest BCUT2D eigenvalue weighted by Crippen LogP contribution is -2.04. The van der Waals surface area contributed by atoms with E-state index in [1.807, 2.05) is 25.2 Å². The van der Waals surface area contributed by atoms with Gasteiger partial charge in [0, 0.05) is 0 Å². The van der Waals surface area contributed by atoms with Crippen molar-refractivity contribution in [3.05, 3.63) is 48.7 Å². The molecule has 0 aromatic rings. The van der Waals surface area contributed by atoms with Gasteiger partial charge < -0.3 is 0 Å². The van der Waals surface area contributed by atoms with Crippen LogP contribution >= 0.6 is 0 Å². The van der Waals surface area contributed by atoms with Crippen molar-refractivity contribution in [2.24, 2.45) is 10.2 Å². The molecular weight excluding hydrogens is 184 g/mol. The van der Waals surface area contributed by atoms with E-state index in [-0.39, 0.29) is 0 Å². The second-order valence-corrected chi connectivity index (χ2v) is 3.46. The molecule has 0 amide bonds. The van der Waals surface area contributed by atoms with Gasteiger partial charge >= 0.3 is 0 Å². The lowest BCUT2D eigenvalue weighted by molar-refractivity contribution is 0.582. The number of azo groups is 1. The van der Waals surface area contributed by atoms with Crippen LogP contribution in [0, 0.1) is 0 Å². The zero-order valence-corrected chi connectivity index (χ0v) is 9.26. The summed E-state index contributed by atoms with van der Waals surface area (Å²) in [6.45, 7) is 5.58. The Morgan fingerprint density at radius 1 is 1.47 bits per heavy atom. The summed E-state index contributed by atoms with van der Waals surface area (Å²) in [7, 11) is 0. The van der Waals surface area contributed by atoms with E-state index in [0.29, 0.717) is 6.04 Å². The Morgan fingerprint density at radius 3 is 2.93 bits per heavy atom. The first-order chi connectivity index (χ1) is 7.36. The van der Waals surface area contributed by atoms with Crippen molar-refractivity contribution < 1.29 is 0 Å². The van der Waals surface area contributed by atoms with Gasteiger partial charge in [0.2, 0.25) is 0 Å². The molecule has 1 aliphatic rings. The van der Waals surface area contributed by atoms with Gasteiger partial charge in [-0.25, -0.2) is 0 Å². The summed E-state index contributed by atoms with van der Waals surface area (Å²) < 4.78 is 0. The summed E-state index contributed by atoms with van der Waals surface area (Å²) in [5.74, 6) is 0. The number of rotatable bonds is 4. The fourth-order valence-corrected chi connectivity index (χ4v) is 1.38. The van der Waals surface area contributed by atoms with Crippen molar-refractivity contribution in [1.82, 2.24) is 0 Å². The van der Waals surface area contributed by atoms with E-state index in [4.69, 9.17) is 0 Å². The molecule has 0 saturated heterocycles. The predicted octanol–water partition coefficient (Wildman–Crippen LogP) is 4.19. The van der Waals surface area contributed by atoms with Gasteiger partial charge in [0.25, 0.3) is 0 Å². The normalized spacial score (nSPS) is 22.7. The van der Waals surface area contributed by atoms with Crippen LogP contribution in [0.25, 0.3) is 0 Å². The van der Waals surface area contributed by atoms with Gasteiger partial charge in [-0.05, 0) is 32.3 Å². The maximum Gasteiger partial charge on any atom is 0.0810 e. The summed E-state index contributed by atoms with van der Waals surface area (Å²) in [6.07, 6.45) is 15.1. The highest BCUT2D eigenvalue weighted by Crippen LogP contribution is 2.15. The zero-order valence-electron chi connectivity index (χ0n) is 9.26. The highest BCUT2D eigenvalue weighted by molar-refractivity contribution is 5.19. The molecule has 0 bridgehead atoms. The Kier molecular flexibility index (Phi) is 5.38. The molecule has 0 heterocycles. The third-order valence-electron chi connectivity index (χ3n) is 2.28. The predicted molar refractivity (Wildman–Crippen MR) is 64.7 cm³/mol. The van der Waals surface area contributed by atoms with Crippen LogP contribution in [0.5, 0.6) is 0 Å². The zero-order chi connectivity index (χ0) is 10.9. The van der Waals surface area contributed by atoms with Gasteiger partial charge in [0.15, 0.2) is 0 Å². The molecular formula is C13H18N2. The standard InChI is InChI=1S/C13H18N2/c1-3-5-9-12(4-2)14-15-13-10-7-6-8-11-13/h3-7,9,13H,1,8,10-11H2,2H3. The Morgan fingerprint density at radius 2 is 2.33 bits per heavy atom. The molecule has 0 saturated carbocycles. The van der Waals surface area contributed by atoms with Crippen molar-refractivity contribution >= 4 is 0 Å². The molecule has 1 aliphatic carbocycles. The van der Waals surface area contributed by atoms with E-state index >= 15 is 0 Å². The summed E-state index contributed by atoms with van der Waals surface area (Å²) in [6, 6.07) is 0.363. The smallest absolute Gasteiger partial charge is 0.0810 e. The van der Waals surface area contributed by atoms with E-state index in [9.17, 15) is 0 Å². The molecule has 0 N–H and O–H groups in total. The first-order valence-electron chi connectivity index (χ1n) is 5.38. The molecule has 0 aromatic heterocycles. The van der Waals surface area contributed by atoms with Gasteiger partial charge in [-0.2, -0.15) is 10.2 Å². The molecule has 80 valence electrons. The molecule has 0 fully saturated rings. The van der Waals surface area contributed by atoms with Crippen LogP contribution in [-0.2, 0) is 0 Å². The highest BCUT2D eigenvalue weighted by atomic mass is 15.1. The van der Waals surface area contributed by atoms with Gasteiger partial charge in [-0.1, -0.05) is 37.0 Å². The Balaban J connectivity index is 2.50. The number of hydrogen-bond donors (Lipinski definition) is 0. The van der Waals surface area contributed by atoms with Crippen molar-refractivity contribution in [1.29, 1.82) is 0 Å². The lowest BCUT2D eigenvalue weighted by Gasteiger charge is -2.10. The number of nitrogens with zero attached hydrogens (tertiary/aromatic N) is 2. The summed E-state index contributed by atoms with van der Waals surface area (Å²) in [5, 5.41) is 8.55.